The Morgan fingerprint density at radius 2 is 2.10 bits per heavy atom. The SMILES string of the molecule is Cc1ccsc1CN1C[C@H]2CC[C@@H](C1)N(CC1CC1)C2=O. The van der Waals surface area contributed by atoms with Crippen LogP contribution in [0.15, 0.2) is 11.4 Å². The molecule has 4 heteroatoms. The molecule has 4 heterocycles. The molecule has 0 aromatic carbocycles. The number of carbonyl (C=O) groups is 1. The summed E-state index contributed by atoms with van der Waals surface area (Å²) in [5, 5.41) is 2.18. The summed E-state index contributed by atoms with van der Waals surface area (Å²) < 4.78 is 0. The van der Waals surface area contributed by atoms with Gasteiger partial charge in [0.25, 0.3) is 0 Å². The van der Waals surface area contributed by atoms with E-state index < -0.39 is 0 Å². The maximum absolute atomic E-state index is 12.7. The number of aryl methyl sites for hydroxylation is 1. The Balaban J connectivity index is 1.49. The highest BCUT2D eigenvalue weighted by atomic mass is 32.1. The topological polar surface area (TPSA) is 23.6 Å². The van der Waals surface area contributed by atoms with Gasteiger partial charge in [0.15, 0.2) is 0 Å². The third-order valence-electron chi connectivity index (χ3n) is 5.36. The van der Waals surface area contributed by atoms with E-state index in [1.54, 1.807) is 0 Å². The highest BCUT2D eigenvalue weighted by molar-refractivity contribution is 7.10. The van der Waals surface area contributed by atoms with Crippen LogP contribution in [0.3, 0.4) is 0 Å². The van der Waals surface area contributed by atoms with Crippen molar-refractivity contribution in [3.05, 3.63) is 21.9 Å². The van der Waals surface area contributed by atoms with Crippen molar-refractivity contribution in [2.45, 2.75) is 45.2 Å². The van der Waals surface area contributed by atoms with Crippen LogP contribution in [-0.2, 0) is 11.3 Å². The molecule has 1 saturated carbocycles. The van der Waals surface area contributed by atoms with Crippen LogP contribution in [0.2, 0.25) is 0 Å². The number of thiophene rings is 1. The molecule has 1 aliphatic carbocycles. The lowest BCUT2D eigenvalue weighted by molar-refractivity contribution is -0.140. The fourth-order valence-corrected chi connectivity index (χ4v) is 4.79. The standard InChI is InChI=1S/C17H24N2OS/c1-12-6-7-21-16(12)11-18-9-14-4-5-15(10-18)19(17(14)20)8-13-2-3-13/h6-7,13-15H,2-5,8-11H2,1H3/t14-,15+/m1/s1. The van der Waals surface area contributed by atoms with Crippen LogP contribution in [0.4, 0.5) is 0 Å². The molecule has 1 aromatic heterocycles. The van der Waals surface area contributed by atoms with E-state index in [0.29, 0.717) is 11.9 Å². The smallest absolute Gasteiger partial charge is 0.227 e. The number of rotatable bonds is 4. The summed E-state index contributed by atoms with van der Waals surface area (Å²) in [6.07, 6.45) is 4.98. The summed E-state index contributed by atoms with van der Waals surface area (Å²) in [6.45, 7) is 6.30. The molecule has 0 radical (unpaired) electrons. The van der Waals surface area contributed by atoms with Gasteiger partial charge in [0, 0.05) is 37.1 Å². The van der Waals surface area contributed by atoms with E-state index in [1.807, 2.05) is 11.3 Å². The van der Waals surface area contributed by atoms with Gasteiger partial charge in [-0.05, 0) is 55.5 Å². The molecule has 4 aliphatic rings. The normalized spacial score (nSPS) is 30.0. The molecule has 1 aromatic rings. The molecular weight excluding hydrogens is 280 g/mol. The fourth-order valence-electron chi connectivity index (χ4n) is 3.85. The Bertz CT molecular complexity index is 537. The number of hydrogen-bond donors (Lipinski definition) is 0. The first-order valence-corrected chi connectivity index (χ1v) is 9.14. The Labute approximate surface area is 130 Å². The lowest BCUT2D eigenvalue weighted by atomic mass is 9.94. The Morgan fingerprint density at radius 3 is 2.81 bits per heavy atom. The van der Waals surface area contributed by atoms with Crippen LogP contribution in [0.1, 0.15) is 36.1 Å². The molecule has 114 valence electrons. The third-order valence-corrected chi connectivity index (χ3v) is 6.36. The number of piperidine rings is 1. The summed E-state index contributed by atoms with van der Waals surface area (Å²) >= 11 is 1.85. The van der Waals surface area contributed by atoms with Gasteiger partial charge in [0.2, 0.25) is 5.91 Å². The molecule has 1 amide bonds. The lowest BCUT2D eigenvalue weighted by Crippen LogP contribution is -2.48. The number of carbonyl (C=O) groups excluding carboxylic acids is 1. The highest BCUT2D eigenvalue weighted by Gasteiger charge is 2.42. The van der Waals surface area contributed by atoms with E-state index >= 15 is 0 Å². The molecule has 2 atom stereocenters. The maximum atomic E-state index is 12.7. The molecule has 21 heavy (non-hydrogen) atoms. The fraction of sp³-hybridized carbons (Fsp3) is 0.706. The van der Waals surface area contributed by atoms with Crippen molar-refractivity contribution in [1.82, 2.24) is 9.80 Å². The van der Waals surface area contributed by atoms with E-state index in [4.69, 9.17) is 0 Å². The van der Waals surface area contributed by atoms with Gasteiger partial charge in [-0.15, -0.1) is 11.3 Å². The Hall–Kier alpha value is -0.870. The van der Waals surface area contributed by atoms with E-state index in [0.717, 1.165) is 38.5 Å². The van der Waals surface area contributed by atoms with Gasteiger partial charge in [0.1, 0.15) is 0 Å². The summed E-state index contributed by atoms with van der Waals surface area (Å²) in [4.78, 5) is 18.9. The number of hydrogen-bond acceptors (Lipinski definition) is 3. The zero-order chi connectivity index (χ0) is 14.4. The third kappa shape index (κ3) is 2.76. The number of fused-ring (bicyclic) bond motifs is 4. The van der Waals surface area contributed by atoms with Crippen LogP contribution in [0.25, 0.3) is 0 Å². The van der Waals surface area contributed by atoms with Gasteiger partial charge in [-0.2, -0.15) is 0 Å². The first-order chi connectivity index (χ1) is 10.2. The van der Waals surface area contributed by atoms with Crippen molar-refractivity contribution >= 4 is 17.2 Å². The van der Waals surface area contributed by atoms with Gasteiger partial charge >= 0.3 is 0 Å². The van der Waals surface area contributed by atoms with Crippen LogP contribution in [0, 0.1) is 18.8 Å². The Kier molecular flexibility index (Phi) is 3.54. The molecule has 3 saturated heterocycles. The summed E-state index contributed by atoms with van der Waals surface area (Å²) in [7, 11) is 0. The molecule has 3 nitrogen and oxygen atoms in total. The molecule has 0 spiro atoms. The van der Waals surface area contributed by atoms with Crippen molar-refractivity contribution in [1.29, 1.82) is 0 Å². The molecule has 0 unspecified atom stereocenters. The zero-order valence-corrected chi connectivity index (χ0v) is 13.6. The van der Waals surface area contributed by atoms with Gasteiger partial charge in [-0.25, -0.2) is 0 Å². The van der Waals surface area contributed by atoms with E-state index in [1.165, 1.54) is 29.7 Å². The monoisotopic (exact) mass is 304 g/mol. The van der Waals surface area contributed by atoms with Crippen LogP contribution >= 0.6 is 11.3 Å². The summed E-state index contributed by atoms with van der Waals surface area (Å²) in [5.74, 6) is 1.51. The van der Waals surface area contributed by atoms with Crippen molar-refractivity contribution in [2.75, 3.05) is 19.6 Å². The number of amides is 1. The summed E-state index contributed by atoms with van der Waals surface area (Å²) in [5.41, 5.74) is 1.40. The Morgan fingerprint density at radius 1 is 1.24 bits per heavy atom. The number of nitrogens with zero attached hydrogens (tertiary/aromatic N) is 2. The minimum Gasteiger partial charge on any atom is -0.338 e. The second-order valence-electron chi connectivity index (χ2n) is 7.08. The quantitative estimate of drug-likeness (QED) is 0.854. The molecule has 0 N–H and O–H groups in total. The second kappa shape index (κ2) is 5.40. The van der Waals surface area contributed by atoms with Crippen molar-refractivity contribution < 1.29 is 4.79 Å². The summed E-state index contributed by atoms with van der Waals surface area (Å²) in [6, 6.07) is 2.67. The lowest BCUT2D eigenvalue weighted by Gasteiger charge is -2.36. The minimum atomic E-state index is 0.253. The van der Waals surface area contributed by atoms with Gasteiger partial charge in [-0.1, -0.05) is 0 Å². The van der Waals surface area contributed by atoms with Crippen molar-refractivity contribution in [3.8, 4) is 0 Å². The van der Waals surface area contributed by atoms with Crippen LogP contribution < -0.4 is 0 Å². The zero-order valence-electron chi connectivity index (χ0n) is 12.8. The predicted molar refractivity (Wildman–Crippen MR) is 85.3 cm³/mol. The molecule has 4 fully saturated rings. The first kappa shape index (κ1) is 13.8. The van der Waals surface area contributed by atoms with E-state index in [9.17, 15) is 4.79 Å². The van der Waals surface area contributed by atoms with E-state index in [-0.39, 0.29) is 5.92 Å². The van der Waals surface area contributed by atoms with Gasteiger partial charge in [-0.3, -0.25) is 9.69 Å². The molecular formula is C17H24N2OS. The molecule has 5 rings (SSSR count). The largest absolute Gasteiger partial charge is 0.338 e. The molecule has 3 aliphatic heterocycles. The van der Waals surface area contributed by atoms with Crippen LogP contribution in [0.5, 0.6) is 0 Å². The average Bonchev–Trinajstić information content (AvgIpc) is 3.23. The van der Waals surface area contributed by atoms with Crippen molar-refractivity contribution in [3.63, 3.8) is 0 Å². The highest BCUT2D eigenvalue weighted by Crippen LogP contribution is 2.36. The average molecular weight is 304 g/mol. The van der Waals surface area contributed by atoms with Crippen LogP contribution in [-0.4, -0.2) is 41.4 Å². The minimum absolute atomic E-state index is 0.253. The van der Waals surface area contributed by atoms with Crippen molar-refractivity contribution in [2.24, 2.45) is 11.8 Å². The molecule has 2 bridgehead atoms. The predicted octanol–water partition coefficient (Wildman–Crippen LogP) is 2.89. The van der Waals surface area contributed by atoms with Gasteiger partial charge in [0.05, 0.1) is 5.92 Å². The van der Waals surface area contributed by atoms with Gasteiger partial charge < -0.3 is 4.90 Å². The first-order valence-electron chi connectivity index (χ1n) is 8.26. The maximum Gasteiger partial charge on any atom is 0.227 e. The van der Waals surface area contributed by atoms with E-state index in [2.05, 4.69) is 28.2 Å². The second-order valence-corrected chi connectivity index (χ2v) is 8.08.